The fraction of sp³-hybridized carbons (Fsp3) is 0.857. The van der Waals surface area contributed by atoms with Gasteiger partial charge in [-0.3, -0.25) is 4.79 Å². The molecular weight excluding hydrogens is 214 g/mol. The van der Waals surface area contributed by atoms with E-state index in [1.807, 2.05) is 0 Å². The fourth-order valence-electron chi connectivity index (χ4n) is 0.954. The van der Waals surface area contributed by atoms with E-state index in [0.29, 0.717) is 19.5 Å². The van der Waals surface area contributed by atoms with Crippen LogP contribution in [-0.2, 0) is 9.53 Å². The Labute approximate surface area is 92.0 Å². The smallest absolute Gasteiger partial charge is 0.322 e. The Morgan fingerprint density at radius 3 is 2.69 bits per heavy atom. The summed E-state index contributed by atoms with van der Waals surface area (Å²) in [7, 11) is 1.26. The van der Waals surface area contributed by atoms with Crippen molar-refractivity contribution in [3.05, 3.63) is 20.9 Å². The topological polar surface area (TPSA) is 136 Å². The summed E-state index contributed by atoms with van der Waals surface area (Å²) in [6, 6.07) is -0.660. The van der Waals surface area contributed by atoms with Crippen LogP contribution in [0.3, 0.4) is 0 Å². The highest BCUT2D eigenvalue weighted by molar-refractivity contribution is 5.75. The number of esters is 1. The minimum absolute atomic E-state index is 0.00923. The zero-order chi connectivity index (χ0) is 12.2. The van der Waals surface area contributed by atoms with Crippen molar-refractivity contribution in [1.29, 1.82) is 0 Å². The molecule has 0 radical (unpaired) electrons. The Morgan fingerprint density at radius 1 is 1.44 bits per heavy atom. The lowest BCUT2D eigenvalue weighted by atomic mass is 10.3. The molecule has 0 aliphatic carbocycles. The highest BCUT2D eigenvalue weighted by atomic mass is 16.5. The monoisotopic (exact) mass is 227 g/mol. The van der Waals surface area contributed by atoms with E-state index in [9.17, 15) is 4.79 Å². The molecular formula is C7H13N7O2. The van der Waals surface area contributed by atoms with E-state index < -0.39 is 12.0 Å². The van der Waals surface area contributed by atoms with Crippen LogP contribution in [0.2, 0.25) is 0 Å². The first-order valence-electron chi connectivity index (χ1n) is 4.59. The van der Waals surface area contributed by atoms with Crippen LogP contribution in [-0.4, -0.2) is 38.8 Å². The van der Waals surface area contributed by atoms with Crippen LogP contribution in [0.5, 0.6) is 0 Å². The molecule has 1 unspecified atom stereocenters. The lowest BCUT2D eigenvalue weighted by molar-refractivity contribution is -0.142. The number of rotatable bonds is 8. The second kappa shape index (κ2) is 9.60. The van der Waals surface area contributed by atoms with Gasteiger partial charge >= 0.3 is 5.97 Å². The van der Waals surface area contributed by atoms with Crippen LogP contribution in [0, 0.1) is 0 Å². The zero-order valence-corrected chi connectivity index (χ0v) is 8.91. The number of methoxy groups -OCH3 is 1. The summed E-state index contributed by atoms with van der Waals surface area (Å²) in [5, 5.41) is 9.47. The lowest BCUT2D eigenvalue weighted by Gasteiger charge is -2.13. The molecule has 0 heterocycles. The highest BCUT2D eigenvalue weighted by Crippen LogP contribution is 1.91. The maximum atomic E-state index is 11.2. The summed E-state index contributed by atoms with van der Waals surface area (Å²) >= 11 is 0. The van der Waals surface area contributed by atoms with Gasteiger partial charge in [-0.2, -0.15) is 0 Å². The number of nitrogens with one attached hydrogen (secondary N) is 1. The van der Waals surface area contributed by atoms with Gasteiger partial charge in [-0.25, -0.2) is 0 Å². The van der Waals surface area contributed by atoms with Crippen molar-refractivity contribution in [3.63, 3.8) is 0 Å². The van der Waals surface area contributed by atoms with Crippen molar-refractivity contribution < 1.29 is 9.53 Å². The van der Waals surface area contributed by atoms with Crippen molar-refractivity contribution in [2.75, 3.05) is 26.7 Å². The summed E-state index contributed by atoms with van der Waals surface area (Å²) in [6.07, 6.45) is 0.591. The van der Waals surface area contributed by atoms with Crippen LogP contribution in [0.15, 0.2) is 10.2 Å². The number of hydrogen-bond acceptors (Lipinski definition) is 5. The van der Waals surface area contributed by atoms with E-state index in [1.54, 1.807) is 0 Å². The third-order valence-electron chi connectivity index (χ3n) is 1.70. The fourth-order valence-corrected chi connectivity index (χ4v) is 0.954. The number of ether oxygens (including phenoxy) is 1. The molecule has 1 N–H and O–H groups in total. The van der Waals surface area contributed by atoms with Crippen molar-refractivity contribution in [2.45, 2.75) is 12.5 Å². The first kappa shape index (κ1) is 14.1. The molecule has 0 aromatic carbocycles. The molecule has 0 bridgehead atoms. The summed E-state index contributed by atoms with van der Waals surface area (Å²) in [5.41, 5.74) is 16.2. The maximum Gasteiger partial charge on any atom is 0.322 e. The molecule has 9 nitrogen and oxygen atoms in total. The van der Waals surface area contributed by atoms with E-state index in [4.69, 9.17) is 11.1 Å². The van der Waals surface area contributed by atoms with Crippen LogP contribution < -0.4 is 5.32 Å². The molecule has 0 amide bonds. The van der Waals surface area contributed by atoms with Gasteiger partial charge in [-0.05, 0) is 24.0 Å². The third kappa shape index (κ3) is 6.50. The van der Waals surface area contributed by atoms with Gasteiger partial charge < -0.3 is 10.1 Å². The molecule has 16 heavy (non-hydrogen) atoms. The Hall–Kier alpha value is -1.95. The van der Waals surface area contributed by atoms with E-state index >= 15 is 0 Å². The SMILES string of the molecule is COC(=O)C(CN=[N+]=[N-])NCCCN=[N+]=[N-]. The molecule has 0 rings (SSSR count). The summed E-state index contributed by atoms with van der Waals surface area (Å²) in [4.78, 5) is 16.3. The van der Waals surface area contributed by atoms with Crippen molar-refractivity contribution in [3.8, 4) is 0 Å². The average Bonchev–Trinajstić information content (AvgIpc) is 2.31. The van der Waals surface area contributed by atoms with Gasteiger partial charge in [0.1, 0.15) is 6.04 Å². The second-order valence-corrected chi connectivity index (χ2v) is 2.75. The van der Waals surface area contributed by atoms with Crippen LogP contribution in [0.4, 0.5) is 0 Å². The molecule has 0 spiro atoms. The molecule has 0 fully saturated rings. The molecule has 88 valence electrons. The minimum atomic E-state index is -0.660. The van der Waals surface area contributed by atoms with Gasteiger partial charge in [0, 0.05) is 16.4 Å². The second-order valence-electron chi connectivity index (χ2n) is 2.75. The number of nitrogens with zero attached hydrogens (tertiary/aromatic N) is 6. The Balaban J connectivity index is 3.95. The number of carbonyl (C=O) groups excluding carboxylic acids is 1. The molecule has 0 saturated carbocycles. The first-order valence-corrected chi connectivity index (χ1v) is 4.59. The van der Waals surface area contributed by atoms with E-state index in [0.717, 1.165) is 0 Å². The summed E-state index contributed by atoms with van der Waals surface area (Å²) in [5.74, 6) is -0.490. The van der Waals surface area contributed by atoms with Crippen molar-refractivity contribution in [2.24, 2.45) is 10.2 Å². The third-order valence-corrected chi connectivity index (χ3v) is 1.70. The van der Waals surface area contributed by atoms with Crippen molar-refractivity contribution >= 4 is 5.97 Å². The maximum absolute atomic E-state index is 11.2. The van der Waals surface area contributed by atoms with E-state index in [1.165, 1.54) is 7.11 Å². The van der Waals surface area contributed by atoms with Gasteiger partial charge in [0.05, 0.1) is 13.7 Å². The van der Waals surface area contributed by atoms with Crippen molar-refractivity contribution in [1.82, 2.24) is 5.32 Å². The predicted octanol–water partition coefficient (Wildman–Crippen LogP) is 1.13. The van der Waals surface area contributed by atoms with Crippen LogP contribution in [0.25, 0.3) is 20.9 Å². The average molecular weight is 227 g/mol. The number of carbonyl (C=O) groups is 1. The number of hydrogen-bond donors (Lipinski definition) is 1. The lowest BCUT2D eigenvalue weighted by Crippen LogP contribution is -2.40. The standard InChI is InChI=1S/C7H13N7O2/c1-16-7(15)6(5-12-14-9)10-3-2-4-11-13-8/h6,10H,2-5H2,1H3. The van der Waals surface area contributed by atoms with Gasteiger partial charge in [-0.15, -0.1) is 0 Å². The zero-order valence-electron chi connectivity index (χ0n) is 8.91. The first-order chi connectivity index (χ1) is 7.76. The summed E-state index contributed by atoms with van der Waals surface area (Å²) in [6.45, 7) is 0.809. The van der Waals surface area contributed by atoms with Gasteiger partial charge in [0.15, 0.2) is 0 Å². The van der Waals surface area contributed by atoms with Gasteiger partial charge in [0.25, 0.3) is 0 Å². The Morgan fingerprint density at radius 2 is 2.12 bits per heavy atom. The molecule has 9 heteroatoms. The van der Waals surface area contributed by atoms with Crippen LogP contribution in [0.1, 0.15) is 6.42 Å². The van der Waals surface area contributed by atoms with E-state index in [-0.39, 0.29) is 6.54 Å². The predicted molar refractivity (Wildman–Crippen MR) is 56.4 cm³/mol. The Bertz CT molecular complexity index is 306. The normalized spacial score (nSPS) is 10.8. The Kier molecular flexibility index (Phi) is 8.43. The van der Waals surface area contributed by atoms with Gasteiger partial charge in [0.2, 0.25) is 0 Å². The minimum Gasteiger partial charge on any atom is -0.468 e. The highest BCUT2D eigenvalue weighted by Gasteiger charge is 2.16. The largest absolute Gasteiger partial charge is 0.468 e. The quantitative estimate of drug-likeness (QED) is 0.219. The van der Waals surface area contributed by atoms with Gasteiger partial charge in [-0.1, -0.05) is 10.2 Å². The molecule has 0 saturated heterocycles. The molecule has 0 aliphatic rings. The van der Waals surface area contributed by atoms with E-state index in [2.05, 4.69) is 30.1 Å². The number of azide groups is 2. The molecule has 0 aliphatic heterocycles. The molecule has 1 atom stereocenters. The molecule has 0 aromatic rings. The molecule has 0 aromatic heterocycles. The van der Waals surface area contributed by atoms with Crippen LogP contribution >= 0.6 is 0 Å². The summed E-state index contributed by atoms with van der Waals surface area (Å²) < 4.78 is 4.52.